The molecule has 1 aliphatic rings. The molecule has 7 heteroatoms. The van der Waals surface area contributed by atoms with E-state index in [9.17, 15) is 18.0 Å². The minimum Gasteiger partial charge on any atom is -0.410 e. The monoisotopic (exact) mass is 375 g/mol. The van der Waals surface area contributed by atoms with Crippen molar-refractivity contribution in [2.24, 2.45) is 5.92 Å². The molecule has 3 nitrogen and oxygen atoms in total. The Balaban J connectivity index is 1.87. The van der Waals surface area contributed by atoms with E-state index in [1.54, 1.807) is 7.05 Å². The van der Waals surface area contributed by atoms with Crippen molar-refractivity contribution in [2.45, 2.75) is 37.9 Å². The van der Waals surface area contributed by atoms with Crippen LogP contribution < -0.4 is 4.74 Å². The topological polar surface area (TPSA) is 29.5 Å². The van der Waals surface area contributed by atoms with Gasteiger partial charge in [0.1, 0.15) is 5.75 Å². The maximum atomic E-state index is 12.5. The average Bonchev–Trinajstić information content (AvgIpc) is 2.59. The molecule has 0 heterocycles. The van der Waals surface area contributed by atoms with E-state index >= 15 is 0 Å². The zero-order chi connectivity index (χ0) is 18.4. The number of hydrogen-bond donors (Lipinski definition) is 0. The Morgan fingerprint density at radius 3 is 2.36 bits per heavy atom. The molecule has 1 amide bonds. The highest BCUT2D eigenvalue weighted by Gasteiger charge is 2.30. The summed E-state index contributed by atoms with van der Waals surface area (Å²) in [4.78, 5) is 13.7. The average molecular weight is 376 g/mol. The van der Waals surface area contributed by atoms with Gasteiger partial charge in [0.2, 0.25) is 0 Å². The van der Waals surface area contributed by atoms with Crippen LogP contribution in [0.4, 0.5) is 18.0 Å². The van der Waals surface area contributed by atoms with Crippen molar-refractivity contribution in [1.82, 2.24) is 4.90 Å². The van der Waals surface area contributed by atoms with Crippen LogP contribution in [0.1, 0.15) is 31.2 Å². The van der Waals surface area contributed by atoms with Crippen molar-refractivity contribution >= 4 is 17.7 Å². The van der Waals surface area contributed by atoms with E-state index in [0.717, 1.165) is 49.9 Å². The Morgan fingerprint density at radius 2 is 1.84 bits per heavy atom. The van der Waals surface area contributed by atoms with Crippen molar-refractivity contribution in [3.63, 3.8) is 0 Å². The molecule has 0 atom stereocenters. The number of alkyl halides is 4. The summed E-state index contributed by atoms with van der Waals surface area (Å²) in [5.74, 6) is 1.08. The molecule has 0 bridgehead atoms. The predicted octanol–water partition coefficient (Wildman–Crippen LogP) is 5.49. The third-order valence-electron chi connectivity index (χ3n) is 4.46. The lowest BCUT2D eigenvalue weighted by atomic mass is 9.85. The summed E-state index contributed by atoms with van der Waals surface area (Å²) in [7, 11) is 1.66. The molecule has 0 aliphatic heterocycles. The van der Waals surface area contributed by atoms with Crippen LogP contribution in [-0.4, -0.2) is 30.0 Å². The van der Waals surface area contributed by atoms with Crippen LogP contribution in [0, 0.1) is 5.92 Å². The SMILES string of the molecule is CN(C(=O)Oc1ccc(C(F)(F)F)cc1)[C@H]1CC[C@H](C=CCCl)CC1. The van der Waals surface area contributed by atoms with Crippen LogP contribution in [0.15, 0.2) is 36.4 Å². The fraction of sp³-hybridized carbons (Fsp3) is 0.500. The Kier molecular flexibility index (Phi) is 6.76. The van der Waals surface area contributed by atoms with Gasteiger partial charge < -0.3 is 9.64 Å². The first kappa shape index (κ1) is 19.6. The van der Waals surface area contributed by atoms with E-state index in [-0.39, 0.29) is 11.8 Å². The first-order valence-corrected chi connectivity index (χ1v) is 8.69. The highest BCUT2D eigenvalue weighted by Crippen LogP contribution is 2.31. The molecule has 25 heavy (non-hydrogen) atoms. The minimum absolute atomic E-state index is 0.0719. The van der Waals surface area contributed by atoms with E-state index in [4.69, 9.17) is 16.3 Å². The molecule has 1 fully saturated rings. The summed E-state index contributed by atoms with van der Waals surface area (Å²) in [5, 5.41) is 0. The number of rotatable bonds is 4. The molecule has 0 radical (unpaired) electrons. The molecule has 0 N–H and O–H groups in total. The van der Waals surface area contributed by atoms with Gasteiger partial charge in [-0.25, -0.2) is 4.79 Å². The number of hydrogen-bond acceptors (Lipinski definition) is 2. The van der Waals surface area contributed by atoms with Crippen molar-refractivity contribution in [2.75, 3.05) is 12.9 Å². The maximum absolute atomic E-state index is 12.5. The summed E-state index contributed by atoms with van der Waals surface area (Å²) < 4.78 is 42.8. The van der Waals surface area contributed by atoms with Gasteiger partial charge >= 0.3 is 12.3 Å². The van der Waals surface area contributed by atoms with Crippen LogP contribution in [0.2, 0.25) is 0 Å². The second-order valence-corrected chi connectivity index (χ2v) is 6.46. The molecule has 138 valence electrons. The summed E-state index contributed by atoms with van der Waals surface area (Å²) >= 11 is 5.63. The molecule has 1 saturated carbocycles. The van der Waals surface area contributed by atoms with Crippen LogP contribution in [0.25, 0.3) is 0 Å². The summed E-state index contributed by atoms with van der Waals surface area (Å²) in [6, 6.07) is 4.18. The van der Waals surface area contributed by atoms with Crippen molar-refractivity contribution < 1.29 is 22.7 Å². The summed E-state index contributed by atoms with van der Waals surface area (Å²) in [6.07, 6.45) is 2.74. The van der Waals surface area contributed by atoms with Gasteiger partial charge in [0.05, 0.1) is 5.56 Å². The molecule has 2 rings (SSSR count). The predicted molar refractivity (Wildman–Crippen MR) is 90.8 cm³/mol. The number of carbonyl (C=O) groups excluding carboxylic acids is 1. The highest BCUT2D eigenvalue weighted by molar-refractivity contribution is 6.18. The number of benzene rings is 1. The number of halogens is 4. The molecule has 1 aromatic rings. The number of amides is 1. The van der Waals surface area contributed by atoms with E-state index in [1.165, 1.54) is 4.90 Å². The molecular formula is C18H21ClF3NO2. The summed E-state index contributed by atoms with van der Waals surface area (Å²) in [5.41, 5.74) is -0.774. The number of ether oxygens (including phenoxy) is 1. The van der Waals surface area contributed by atoms with Gasteiger partial charge in [0.15, 0.2) is 0 Å². The Labute approximate surface area is 150 Å². The largest absolute Gasteiger partial charge is 0.416 e. The van der Waals surface area contributed by atoms with E-state index in [2.05, 4.69) is 6.08 Å². The fourth-order valence-electron chi connectivity index (χ4n) is 2.96. The van der Waals surface area contributed by atoms with Crippen molar-refractivity contribution in [1.29, 1.82) is 0 Å². The highest BCUT2D eigenvalue weighted by atomic mass is 35.5. The normalized spacial score (nSPS) is 21.3. The van der Waals surface area contributed by atoms with Crippen LogP contribution in [0.5, 0.6) is 5.75 Å². The Hall–Kier alpha value is -1.69. The number of carbonyl (C=O) groups is 1. The van der Waals surface area contributed by atoms with Gasteiger partial charge in [-0.05, 0) is 55.9 Å². The molecule has 0 unspecified atom stereocenters. The van der Waals surface area contributed by atoms with Gasteiger partial charge in [-0.3, -0.25) is 0 Å². The van der Waals surface area contributed by atoms with Crippen LogP contribution in [0.3, 0.4) is 0 Å². The Morgan fingerprint density at radius 1 is 1.24 bits per heavy atom. The first-order valence-electron chi connectivity index (χ1n) is 8.15. The molecule has 0 spiro atoms. The zero-order valence-corrected chi connectivity index (χ0v) is 14.7. The first-order chi connectivity index (χ1) is 11.8. The standard InChI is InChI=1S/C18H21ClF3NO2/c1-23(15-8-4-13(5-9-15)3-2-12-19)17(24)25-16-10-6-14(7-11-16)18(20,21)22/h2-3,6-7,10-11,13,15H,4-5,8-9,12H2,1H3/t13-,15-. The zero-order valence-electron chi connectivity index (χ0n) is 13.9. The molecule has 1 aromatic carbocycles. The Bertz CT molecular complexity index is 593. The quantitative estimate of drug-likeness (QED) is 0.514. The van der Waals surface area contributed by atoms with Crippen LogP contribution in [-0.2, 0) is 6.18 Å². The second-order valence-electron chi connectivity index (χ2n) is 6.15. The van der Waals surface area contributed by atoms with E-state index < -0.39 is 17.8 Å². The fourth-order valence-corrected chi connectivity index (χ4v) is 3.06. The molecule has 0 aromatic heterocycles. The third kappa shape index (κ3) is 5.66. The number of allylic oxidation sites excluding steroid dienone is 2. The summed E-state index contributed by atoms with van der Waals surface area (Å²) in [6.45, 7) is 0. The number of nitrogens with zero attached hydrogens (tertiary/aromatic N) is 1. The minimum atomic E-state index is -4.41. The van der Waals surface area contributed by atoms with E-state index in [0.29, 0.717) is 11.8 Å². The lowest BCUT2D eigenvalue weighted by molar-refractivity contribution is -0.137. The van der Waals surface area contributed by atoms with Gasteiger partial charge in [-0.1, -0.05) is 12.2 Å². The molecule has 0 saturated heterocycles. The van der Waals surface area contributed by atoms with Gasteiger partial charge in [-0.2, -0.15) is 13.2 Å². The smallest absolute Gasteiger partial charge is 0.410 e. The third-order valence-corrected chi connectivity index (χ3v) is 4.64. The maximum Gasteiger partial charge on any atom is 0.416 e. The van der Waals surface area contributed by atoms with Crippen molar-refractivity contribution in [3.05, 3.63) is 42.0 Å². The lowest BCUT2D eigenvalue weighted by Gasteiger charge is -2.33. The second kappa shape index (κ2) is 8.61. The molecular weight excluding hydrogens is 355 g/mol. The van der Waals surface area contributed by atoms with Gasteiger partial charge in [0, 0.05) is 19.0 Å². The van der Waals surface area contributed by atoms with Gasteiger partial charge in [0.25, 0.3) is 0 Å². The van der Waals surface area contributed by atoms with Gasteiger partial charge in [-0.15, -0.1) is 11.6 Å². The lowest BCUT2D eigenvalue weighted by Crippen LogP contribution is -2.40. The van der Waals surface area contributed by atoms with Crippen molar-refractivity contribution in [3.8, 4) is 5.75 Å². The van der Waals surface area contributed by atoms with Crippen LogP contribution >= 0.6 is 11.6 Å². The molecule has 1 aliphatic carbocycles. The van der Waals surface area contributed by atoms with E-state index in [1.807, 2.05) is 6.08 Å².